The van der Waals surface area contributed by atoms with Gasteiger partial charge >= 0.3 is 0 Å². The predicted molar refractivity (Wildman–Crippen MR) is 64.2 cm³/mol. The van der Waals surface area contributed by atoms with Crippen molar-refractivity contribution in [3.05, 3.63) is 35.9 Å². The minimum absolute atomic E-state index is 0.0297. The summed E-state index contributed by atoms with van der Waals surface area (Å²) in [5, 5.41) is 19.6. The van der Waals surface area contributed by atoms with Crippen molar-refractivity contribution in [2.75, 3.05) is 11.5 Å². The third kappa shape index (κ3) is 3.06. The van der Waals surface area contributed by atoms with Crippen molar-refractivity contribution >= 4 is 9.84 Å². The molecular formula is C12H16O4S. The van der Waals surface area contributed by atoms with E-state index in [1.165, 1.54) is 0 Å². The van der Waals surface area contributed by atoms with Crippen LogP contribution in [-0.2, 0) is 9.84 Å². The van der Waals surface area contributed by atoms with E-state index in [1.807, 2.05) is 18.2 Å². The molecule has 17 heavy (non-hydrogen) atoms. The number of hydrogen-bond acceptors (Lipinski definition) is 4. The summed E-state index contributed by atoms with van der Waals surface area (Å²) in [7, 11) is -3.13. The fourth-order valence-corrected chi connectivity index (χ4v) is 4.16. The topological polar surface area (TPSA) is 74.6 Å². The van der Waals surface area contributed by atoms with Crippen molar-refractivity contribution in [3.63, 3.8) is 0 Å². The summed E-state index contributed by atoms with van der Waals surface area (Å²) in [5.41, 5.74) is 0.754. The highest BCUT2D eigenvalue weighted by Crippen LogP contribution is 2.29. The van der Waals surface area contributed by atoms with Crippen LogP contribution in [-0.4, -0.2) is 36.2 Å². The maximum Gasteiger partial charge on any atom is 0.153 e. The third-order valence-electron chi connectivity index (χ3n) is 3.15. The molecule has 0 aromatic heterocycles. The standard InChI is InChI=1S/C12H16O4S/c13-11(9-4-2-1-3-5-9)6-10-7-17(15,16)8-12(10)14/h1-5,10-14H,6-8H2. The lowest BCUT2D eigenvalue weighted by molar-refractivity contribution is 0.0898. The number of hydrogen-bond donors (Lipinski definition) is 2. The van der Waals surface area contributed by atoms with Crippen LogP contribution in [0, 0.1) is 5.92 Å². The minimum Gasteiger partial charge on any atom is -0.392 e. The number of rotatable bonds is 3. The van der Waals surface area contributed by atoms with E-state index >= 15 is 0 Å². The van der Waals surface area contributed by atoms with Gasteiger partial charge in [-0.15, -0.1) is 0 Å². The molecule has 2 rings (SSSR count). The molecule has 0 amide bonds. The number of benzene rings is 1. The molecule has 0 spiro atoms. The molecule has 1 aliphatic heterocycles. The molecule has 94 valence electrons. The van der Waals surface area contributed by atoms with Crippen LogP contribution in [0.3, 0.4) is 0 Å². The Kier molecular flexibility index (Phi) is 3.51. The van der Waals surface area contributed by atoms with Gasteiger partial charge in [-0.25, -0.2) is 8.42 Å². The monoisotopic (exact) mass is 256 g/mol. The fourth-order valence-electron chi connectivity index (χ4n) is 2.22. The van der Waals surface area contributed by atoms with Crippen molar-refractivity contribution in [1.82, 2.24) is 0 Å². The van der Waals surface area contributed by atoms with E-state index in [9.17, 15) is 18.6 Å². The van der Waals surface area contributed by atoms with Crippen molar-refractivity contribution in [1.29, 1.82) is 0 Å². The van der Waals surface area contributed by atoms with E-state index in [0.29, 0.717) is 0 Å². The van der Waals surface area contributed by atoms with E-state index in [2.05, 4.69) is 0 Å². The van der Waals surface area contributed by atoms with Crippen LogP contribution < -0.4 is 0 Å². The van der Waals surface area contributed by atoms with Gasteiger partial charge in [0.05, 0.1) is 23.7 Å². The van der Waals surface area contributed by atoms with Crippen molar-refractivity contribution in [2.45, 2.75) is 18.6 Å². The van der Waals surface area contributed by atoms with Crippen molar-refractivity contribution in [3.8, 4) is 0 Å². The van der Waals surface area contributed by atoms with Gasteiger partial charge in [0.1, 0.15) is 0 Å². The van der Waals surface area contributed by atoms with E-state index < -0.39 is 22.0 Å². The Labute approximate surface area is 101 Å². The first-order chi connectivity index (χ1) is 7.98. The average molecular weight is 256 g/mol. The van der Waals surface area contributed by atoms with E-state index in [1.54, 1.807) is 12.1 Å². The van der Waals surface area contributed by atoms with Crippen LogP contribution in [0.2, 0.25) is 0 Å². The smallest absolute Gasteiger partial charge is 0.153 e. The molecule has 5 heteroatoms. The second kappa shape index (κ2) is 4.76. The summed E-state index contributed by atoms with van der Waals surface area (Å²) >= 11 is 0. The molecular weight excluding hydrogens is 240 g/mol. The van der Waals surface area contributed by atoms with E-state index in [-0.39, 0.29) is 23.8 Å². The molecule has 0 radical (unpaired) electrons. The first-order valence-electron chi connectivity index (χ1n) is 5.59. The van der Waals surface area contributed by atoms with Gasteiger partial charge in [-0.05, 0) is 12.0 Å². The summed E-state index contributed by atoms with van der Waals surface area (Å²) < 4.78 is 22.7. The predicted octanol–water partition coefficient (Wildman–Crippen LogP) is 0.516. The molecule has 0 aliphatic carbocycles. The van der Waals surface area contributed by atoms with Crippen LogP contribution in [0.5, 0.6) is 0 Å². The van der Waals surface area contributed by atoms with Crippen LogP contribution >= 0.6 is 0 Å². The van der Waals surface area contributed by atoms with Gasteiger partial charge < -0.3 is 10.2 Å². The highest BCUT2D eigenvalue weighted by molar-refractivity contribution is 7.91. The Morgan fingerprint density at radius 2 is 1.88 bits per heavy atom. The molecule has 0 saturated carbocycles. The van der Waals surface area contributed by atoms with Gasteiger partial charge in [0.25, 0.3) is 0 Å². The summed E-state index contributed by atoms with van der Waals surface area (Å²) in [6, 6.07) is 9.08. The molecule has 3 unspecified atom stereocenters. The lowest BCUT2D eigenvalue weighted by Crippen LogP contribution is -2.20. The van der Waals surface area contributed by atoms with Crippen molar-refractivity contribution in [2.24, 2.45) is 5.92 Å². The van der Waals surface area contributed by atoms with Crippen LogP contribution in [0.4, 0.5) is 0 Å². The average Bonchev–Trinajstić information content (AvgIpc) is 2.53. The second-order valence-corrected chi connectivity index (χ2v) is 6.72. The Hall–Kier alpha value is -0.910. The lowest BCUT2D eigenvalue weighted by Gasteiger charge is -2.17. The SMILES string of the molecule is O=S1(=O)CC(O)C(CC(O)c2ccccc2)C1. The molecule has 1 fully saturated rings. The minimum atomic E-state index is -3.13. The molecule has 1 aromatic carbocycles. The third-order valence-corrected chi connectivity index (χ3v) is 4.93. The van der Waals surface area contributed by atoms with Gasteiger partial charge in [0, 0.05) is 5.92 Å². The zero-order chi connectivity index (χ0) is 12.5. The molecule has 4 nitrogen and oxygen atoms in total. The van der Waals surface area contributed by atoms with Crippen LogP contribution in [0.15, 0.2) is 30.3 Å². The van der Waals surface area contributed by atoms with Gasteiger partial charge in [0.2, 0.25) is 0 Å². The van der Waals surface area contributed by atoms with Gasteiger partial charge in [-0.2, -0.15) is 0 Å². The molecule has 3 atom stereocenters. The molecule has 0 bridgehead atoms. The summed E-state index contributed by atoms with van der Waals surface area (Å²) in [6.07, 6.45) is -1.28. The zero-order valence-electron chi connectivity index (χ0n) is 9.36. The highest BCUT2D eigenvalue weighted by atomic mass is 32.2. The fraction of sp³-hybridized carbons (Fsp3) is 0.500. The maximum atomic E-state index is 11.3. The maximum absolute atomic E-state index is 11.3. The van der Waals surface area contributed by atoms with Gasteiger partial charge in [-0.3, -0.25) is 0 Å². The number of sulfone groups is 1. The van der Waals surface area contributed by atoms with Crippen LogP contribution in [0.1, 0.15) is 18.1 Å². The Morgan fingerprint density at radius 1 is 1.24 bits per heavy atom. The molecule has 2 N–H and O–H groups in total. The summed E-state index contributed by atoms with van der Waals surface area (Å²) in [5.74, 6) is -0.577. The number of aliphatic hydroxyl groups excluding tert-OH is 2. The molecule has 1 aromatic rings. The lowest BCUT2D eigenvalue weighted by atomic mass is 9.95. The second-order valence-electron chi connectivity index (χ2n) is 4.57. The van der Waals surface area contributed by atoms with Crippen LogP contribution in [0.25, 0.3) is 0 Å². The van der Waals surface area contributed by atoms with E-state index in [4.69, 9.17) is 0 Å². The largest absolute Gasteiger partial charge is 0.392 e. The van der Waals surface area contributed by atoms with E-state index in [0.717, 1.165) is 5.56 Å². The Bertz CT molecular complexity index is 469. The molecule has 1 heterocycles. The summed E-state index contributed by atoms with van der Waals surface area (Å²) in [6.45, 7) is 0. The number of aliphatic hydroxyl groups is 2. The van der Waals surface area contributed by atoms with Gasteiger partial charge in [0.15, 0.2) is 9.84 Å². The normalized spacial score (nSPS) is 29.1. The first kappa shape index (κ1) is 12.5. The Morgan fingerprint density at radius 3 is 2.41 bits per heavy atom. The first-order valence-corrected chi connectivity index (χ1v) is 7.41. The molecule has 1 saturated heterocycles. The van der Waals surface area contributed by atoms with Gasteiger partial charge in [-0.1, -0.05) is 30.3 Å². The van der Waals surface area contributed by atoms with Crippen molar-refractivity contribution < 1.29 is 18.6 Å². The zero-order valence-corrected chi connectivity index (χ0v) is 10.2. The Balaban J connectivity index is 2.03. The highest BCUT2D eigenvalue weighted by Gasteiger charge is 2.37. The summed E-state index contributed by atoms with van der Waals surface area (Å²) in [4.78, 5) is 0. The molecule has 1 aliphatic rings. The quantitative estimate of drug-likeness (QED) is 0.826.